The van der Waals surface area contributed by atoms with Crippen molar-refractivity contribution in [1.29, 1.82) is 0 Å². The van der Waals surface area contributed by atoms with Crippen molar-refractivity contribution in [3.8, 4) is 11.6 Å². The van der Waals surface area contributed by atoms with Crippen LogP contribution >= 0.6 is 11.5 Å². The van der Waals surface area contributed by atoms with E-state index < -0.39 is 0 Å². The van der Waals surface area contributed by atoms with E-state index in [1.807, 2.05) is 30.3 Å². The Morgan fingerprint density at radius 2 is 2.04 bits per heavy atom. The lowest BCUT2D eigenvalue weighted by Gasteiger charge is -2.24. The first-order valence-electron chi connectivity index (χ1n) is 9.52. The number of benzene rings is 1. The van der Waals surface area contributed by atoms with Gasteiger partial charge in [0, 0.05) is 12.3 Å². The Morgan fingerprint density at radius 1 is 1.27 bits per heavy atom. The first kappa shape index (κ1) is 18.6. The number of hydrogen-bond acceptors (Lipinski definition) is 3. The summed E-state index contributed by atoms with van der Waals surface area (Å²) >= 11 is 1.52. The molecule has 1 aromatic heterocycles. The van der Waals surface area contributed by atoms with Gasteiger partial charge in [-0.25, -0.2) is 15.0 Å². The third kappa shape index (κ3) is 5.17. The van der Waals surface area contributed by atoms with Gasteiger partial charge in [0.1, 0.15) is 5.75 Å². The number of amides is 1. The van der Waals surface area contributed by atoms with Gasteiger partial charge in [-0.3, -0.25) is 4.79 Å². The standard InChI is InChI=1S/C19H28N4O2S/c1-2-3-14-17(24)20-23-21-19(25-16-12-8-5-9-13-16)18(26-22-23)15-10-6-4-7-11-15/h5,8-9,12-13,15,21-22H,2-4,6-7,10-11,14H2,1H3,(H,20,24). The lowest BCUT2D eigenvalue weighted by molar-refractivity contribution is -0.117. The Morgan fingerprint density at radius 3 is 2.77 bits per heavy atom. The lowest BCUT2D eigenvalue weighted by Crippen LogP contribution is -2.27. The molecule has 1 fully saturated rings. The van der Waals surface area contributed by atoms with E-state index in [4.69, 9.17) is 4.74 Å². The van der Waals surface area contributed by atoms with Crippen LogP contribution in [-0.2, 0) is 4.79 Å². The summed E-state index contributed by atoms with van der Waals surface area (Å²) in [7, 11) is 0. The molecule has 0 spiro atoms. The minimum atomic E-state index is -0.0207. The topological polar surface area (TPSA) is 74.8 Å². The number of nitrogens with zero attached hydrogens (tertiary/aromatic N) is 1. The fourth-order valence-corrected chi connectivity index (χ4v) is 4.07. The fourth-order valence-electron chi connectivity index (χ4n) is 3.20. The van der Waals surface area contributed by atoms with Gasteiger partial charge < -0.3 is 4.74 Å². The molecule has 0 bridgehead atoms. The Hall–Kier alpha value is -2.15. The van der Waals surface area contributed by atoms with Crippen molar-refractivity contribution in [2.45, 2.75) is 64.2 Å². The molecule has 3 rings (SSSR count). The molecule has 1 aliphatic carbocycles. The van der Waals surface area contributed by atoms with E-state index in [9.17, 15) is 4.79 Å². The quantitative estimate of drug-likeness (QED) is 0.602. The number of H-pyrrole nitrogens is 2. The predicted octanol–water partition coefficient (Wildman–Crippen LogP) is 5.43. The molecular weight excluding hydrogens is 348 g/mol. The van der Waals surface area contributed by atoms with E-state index in [1.54, 1.807) is 0 Å². The molecule has 1 heterocycles. The smallest absolute Gasteiger partial charge is 0.241 e. The van der Waals surface area contributed by atoms with Gasteiger partial charge in [-0.05, 0) is 42.9 Å². The van der Waals surface area contributed by atoms with Crippen molar-refractivity contribution < 1.29 is 9.53 Å². The highest BCUT2D eigenvalue weighted by molar-refractivity contribution is 7.05. The number of aromatic nitrogens is 3. The molecule has 26 heavy (non-hydrogen) atoms. The number of carbonyl (C=O) groups excluding carboxylic acids is 1. The maximum Gasteiger partial charge on any atom is 0.241 e. The van der Waals surface area contributed by atoms with Gasteiger partial charge in [-0.1, -0.05) is 50.8 Å². The highest BCUT2D eigenvalue weighted by Gasteiger charge is 2.22. The Labute approximate surface area is 158 Å². The molecule has 142 valence electrons. The molecule has 0 aliphatic heterocycles. The molecule has 1 amide bonds. The number of carbonyl (C=O) groups is 1. The van der Waals surface area contributed by atoms with Crippen molar-refractivity contribution >= 4 is 17.4 Å². The van der Waals surface area contributed by atoms with Crippen LogP contribution in [0.3, 0.4) is 0 Å². The highest BCUT2D eigenvalue weighted by atomic mass is 32.1. The van der Waals surface area contributed by atoms with Crippen LogP contribution in [0, 0.1) is 0 Å². The summed E-state index contributed by atoms with van der Waals surface area (Å²) in [5.41, 5.74) is 2.83. The van der Waals surface area contributed by atoms with Crippen molar-refractivity contribution in [3.05, 3.63) is 35.2 Å². The van der Waals surface area contributed by atoms with Gasteiger partial charge in [0.05, 0.1) is 4.88 Å². The normalized spacial score (nSPS) is 14.8. The number of nitrogens with one attached hydrogen (secondary N) is 3. The molecule has 1 aliphatic rings. The van der Waals surface area contributed by atoms with E-state index in [2.05, 4.69) is 21.9 Å². The van der Waals surface area contributed by atoms with Crippen LogP contribution in [-0.4, -0.2) is 20.4 Å². The number of hydrogen-bond donors (Lipinski definition) is 3. The van der Waals surface area contributed by atoms with Gasteiger partial charge in [0.2, 0.25) is 11.8 Å². The molecule has 3 N–H and O–H groups in total. The first-order valence-corrected chi connectivity index (χ1v) is 10.3. The zero-order valence-electron chi connectivity index (χ0n) is 15.3. The fraction of sp³-hybridized carbons (Fsp3) is 0.526. The molecule has 0 atom stereocenters. The molecule has 0 unspecified atom stereocenters. The predicted molar refractivity (Wildman–Crippen MR) is 105 cm³/mol. The molecule has 1 aromatic carbocycles. The van der Waals surface area contributed by atoms with Crippen LogP contribution in [0.15, 0.2) is 30.3 Å². The third-order valence-corrected chi connectivity index (χ3v) is 5.63. The first-order chi connectivity index (χ1) is 12.8. The Kier molecular flexibility index (Phi) is 6.82. The van der Waals surface area contributed by atoms with E-state index in [0.717, 1.165) is 18.6 Å². The molecule has 2 aromatic rings. The highest BCUT2D eigenvalue weighted by Crippen LogP contribution is 2.39. The van der Waals surface area contributed by atoms with Crippen LogP contribution in [0.25, 0.3) is 0 Å². The molecular formula is C19H28N4O2S. The summed E-state index contributed by atoms with van der Waals surface area (Å²) in [6.45, 7) is 2.07. The Balaban J connectivity index is 1.82. The van der Waals surface area contributed by atoms with Gasteiger partial charge in [-0.15, -0.1) is 4.91 Å². The van der Waals surface area contributed by atoms with Crippen molar-refractivity contribution in [2.75, 3.05) is 5.43 Å². The van der Waals surface area contributed by atoms with Gasteiger partial charge in [-0.2, -0.15) is 0 Å². The average Bonchev–Trinajstić information content (AvgIpc) is 2.68. The summed E-state index contributed by atoms with van der Waals surface area (Å²) in [4.78, 5) is 14.7. The molecule has 1 saturated carbocycles. The molecule has 6 nitrogen and oxygen atoms in total. The summed E-state index contributed by atoms with van der Waals surface area (Å²) < 4.78 is 9.29. The Bertz CT molecular complexity index is 721. The largest absolute Gasteiger partial charge is 0.438 e. The van der Waals surface area contributed by atoms with E-state index in [0.29, 0.717) is 18.2 Å². The third-order valence-electron chi connectivity index (χ3n) is 4.62. The van der Waals surface area contributed by atoms with Crippen molar-refractivity contribution in [2.24, 2.45) is 0 Å². The van der Waals surface area contributed by atoms with Crippen LogP contribution in [0.5, 0.6) is 11.6 Å². The van der Waals surface area contributed by atoms with Crippen LogP contribution in [0.4, 0.5) is 0 Å². The summed E-state index contributed by atoms with van der Waals surface area (Å²) in [6.07, 6.45) is 8.56. The minimum absolute atomic E-state index is 0.0207. The van der Waals surface area contributed by atoms with Crippen molar-refractivity contribution in [3.63, 3.8) is 0 Å². The zero-order valence-corrected chi connectivity index (χ0v) is 16.1. The lowest BCUT2D eigenvalue weighted by atomic mass is 9.88. The van der Waals surface area contributed by atoms with Gasteiger partial charge >= 0.3 is 0 Å². The number of ether oxygens (including phenoxy) is 1. The number of rotatable bonds is 7. The maximum absolute atomic E-state index is 12.0. The number of aromatic amines is 2. The van der Waals surface area contributed by atoms with Crippen LogP contribution in [0.1, 0.15) is 69.1 Å². The minimum Gasteiger partial charge on any atom is -0.438 e. The second-order valence-electron chi connectivity index (χ2n) is 6.72. The van der Waals surface area contributed by atoms with E-state index in [1.165, 1.54) is 53.4 Å². The van der Waals surface area contributed by atoms with E-state index in [-0.39, 0.29) is 5.91 Å². The molecule has 0 saturated heterocycles. The SMILES string of the molecule is CCCCC(=O)Nn1[nH]sc(C2CCCCC2)c(Oc2ccccc2)[nH]1. The summed E-state index contributed by atoms with van der Waals surface area (Å²) in [5, 5.41) is 3.18. The number of unbranched alkanes of at least 4 members (excludes halogenated alkanes) is 1. The van der Waals surface area contributed by atoms with Crippen molar-refractivity contribution in [1.82, 2.24) is 14.5 Å². The molecule has 7 heteroatoms. The van der Waals surface area contributed by atoms with Crippen LogP contribution in [0.2, 0.25) is 0 Å². The van der Waals surface area contributed by atoms with E-state index >= 15 is 0 Å². The summed E-state index contributed by atoms with van der Waals surface area (Å²) in [5.74, 6) is 1.95. The summed E-state index contributed by atoms with van der Waals surface area (Å²) in [6, 6.07) is 9.74. The van der Waals surface area contributed by atoms with Gasteiger partial charge in [0.25, 0.3) is 0 Å². The second-order valence-corrected chi connectivity index (χ2v) is 7.55. The van der Waals surface area contributed by atoms with Crippen LogP contribution < -0.4 is 10.2 Å². The van der Waals surface area contributed by atoms with Gasteiger partial charge in [0.15, 0.2) is 0 Å². The second kappa shape index (κ2) is 9.52. The number of para-hydroxylation sites is 1. The zero-order chi connectivity index (χ0) is 18.2. The molecule has 0 radical (unpaired) electrons. The average molecular weight is 377 g/mol. The monoisotopic (exact) mass is 376 g/mol. The maximum atomic E-state index is 12.0.